The molecule has 0 radical (unpaired) electrons. The molecule has 15 heteroatoms. The van der Waals surface area contributed by atoms with Crippen LogP contribution in [0.3, 0.4) is 0 Å². The number of nitrogens with zero attached hydrogens (tertiary/aromatic N) is 5. The zero-order valence-corrected chi connectivity index (χ0v) is 35.1. The van der Waals surface area contributed by atoms with Crippen molar-refractivity contribution in [3.63, 3.8) is 0 Å². The SMILES string of the molecule is CN(C)CC[C@H](CSc1ccccc1)Nc1ccc(S(=O)(=O)Nc2ncnc3cc(N4CCN(Cc5cc(Cl)ccc5-c5ccccc5)CC4)ccc23)cc1C(F)(F)F. The summed E-state index contributed by atoms with van der Waals surface area (Å²) in [6.07, 6.45) is -3.01. The molecule has 2 N–H and O–H groups in total. The molecule has 0 saturated carbocycles. The van der Waals surface area contributed by atoms with Gasteiger partial charge in [0.1, 0.15) is 6.33 Å². The lowest BCUT2D eigenvalue weighted by Gasteiger charge is -2.36. The number of piperazine rings is 1. The zero-order chi connectivity index (χ0) is 41.6. The minimum Gasteiger partial charge on any atom is -0.381 e. The van der Waals surface area contributed by atoms with Gasteiger partial charge in [0.25, 0.3) is 10.0 Å². The maximum atomic E-state index is 14.6. The second-order valence-corrected chi connectivity index (χ2v) is 17.9. The Morgan fingerprint density at radius 2 is 1.59 bits per heavy atom. The minimum atomic E-state index is -4.82. The van der Waals surface area contributed by atoms with Gasteiger partial charge < -0.3 is 15.1 Å². The number of thioether (sulfide) groups is 1. The van der Waals surface area contributed by atoms with Crippen LogP contribution in [0.5, 0.6) is 0 Å². The molecule has 5 aromatic carbocycles. The normalized spacial score (nSPS) is 14.5. The second-order valence-electron chi connectivity index (χ2n) is 14.7. The molecule has 0 bridgehead atoms. The molecule has 0 spiro atoms. The van der Waals surface area contributed by atoms with E-state index in [4.69, 9.17) is 11.6 Å². The van der Waals surface area contributed by atoms with Gasteiger partial charge in [0.2, 0.25) is 0 Å². The van der Waals surface area contributed by atoms with E-state index in [9.17, 15) is 21.6 Å². The smallest absolute Gasteiger partial charge is 0.381 e. The number of fused-ring (bicyclic) bond motifs is 1. The number of hydrogen-bond acceptors (Lipinski definition) is 9. The van der Waals surface area contributed by atoms with Gasteiger partial charge in [0, 0.05) is 71.2 Å². The maximum absolute atomic E-state index is 14.6. The first kappa shape index (κ1) is 42.3. The lowest BCUT2D eigenvalue weighted by Crippen LogP contribution is -2.46. The Kier molecular flexibility index (Phi) is 13.3. The van der Waals surface area contributed by atoms with Crippen LogP contribution in [0.4, 0.5) is 30.4 Å². The number of rotatable bonds is 15. The fraction of sp³-hybridized carbons (Fsp3) is 0.273. The number of sulfonamides is 1. The van der Waals surface area contributed by atoms with Gasteiger partial charge >= 0.3 is 6.18 Å². The molecule has 7 rings (SSSR count). The van der Waals surface area contributed by atoms with Gasteiger partial charge in [-0.05, 0) is 104 Å². The number of halogens is 4. The standard InChI is InChI=1S/C44H45ClF3N7O2S2/c1-53(2)20-19-34(29-58-36-11-7-4-8-12-36)51-41-18-15-37(27-40(41)44(46,47)48)59(56,57)52-43-39-17-14-35(26-42(39)49-30-50-43)55-23-21-54(22-24-55)28-32-25-33(45)13-16-38(32)31-9-5-3-6-10-31/h3-18,25-27,30,34,51H,19-24,28-29H2,1-2H3,(H,49,50,52)/t34-/m1/s1. The predicted octanol–water partition coefficient (Wildman–Crippen LogP) is 9.62. The number of alkyl halides is 3. The quantitative estimate of drug-likeness (QED) is 0.0980. The molecular formula is C44H45ClF3N7O2S2. The molecule has 0 aliphatic carbocycles. The second kappa shape index (κ2) is 18.6. The molecule has 9 nitrogen and oxygen atoms in total. The average Bonchev–Trinajstić information content (AvgIpc) is 3.22. The molecule has 1 fully saturated rings. The van der Waals surface area contributed by atoms with Crippen LogP contribution in [0.25, 0.3) is 22.0 Å². The lowest BCUT2D eigenvalue weighted by atomic mass is 9.99. The van der Waals surface area contributed by atoms with Crippen molar-refractivity contribution in [2.45, 2.75) is 35.0 Å². The van der Waals surface area contributed by atoms with E-state index in [1.54, 1.807) is 17.8 Å². The summed E-state index contributed by atoms with van der Waals surface area (Å²) in [7, 11) is -0.679. The summed E-state index contributed by atoms with van der Waals surface area (Å²) in [6.45, 7) is 4.53. The fourth-order valence-electron chi connectivity index (χ4n) is 7.10. The Balaban J connectivity index is 1.04. The van der Waals surface area contributed by atoms with E-state index in [0.717, 1.165) is 60.0 Å². The van der Waals surface area contributed by atoms with Crippen LogP contribution in [-0.4, -0.2) is 86.8 Å². The Labute approximate surface area is 352 Å². The van der Waals surface area contributed by atoms with Crippen LogP contribution >= 0.6 is 23.4 Å². The molecule has 1 saturated heterocycles. The number of hydrogen-bond donors (Lipinski definition) is 2. The van der Waals surface area contributed by atoms with E-state index in [2.05, 4.69) is 48.0 Å². The fourth-order valence-corrected chi connectivity index (χ4v) is 9.35. The summed E-state index contributed by atoms with van der Waals surface area (Å²) in [5.74, 6) is 0.481. The number of aromatic nitrogens is 2. The summed E-state index contributed by atoms with van der Waals surface area (Å²) in [5.41, 5.74) is 3.62. The van der Waals surface area contributed by atoms with Crippen molar-refractivity contribution >= 4 is 61.5 Å². The van der Waals surface area contributed by atoms with Gasteiger partial charge in [-0.15, -0.1) is 11.8 Å². The number of benzene rings is 5. The van der Waals surface area contributed by atoms with Crippen molar-refractivity contribution < 1.29 is 21.6 Å². The lowest BCUT2D eigenvalue weighted by molar-refractivity contribution is -0.137. The zero-order valence-electron chi connectivity index (χ0n) is 32.7. The van der Waals surface area contributed by atoms with E-state index in [-0.39, 0.29) is 17.5 Å². The first-order chi connectivity index (χ1) is 28.3. The average molecular weight is 860 g/mol. The highest BCUT2D eigenvalue weighted by atomic mass is 35.5. The van der Waals surface area contributed by atoms with Gasteiger partial charge in [0.15, 0.2) is 5.82 Å². The van der Waals surface area contributed by atoms with Gasteiger partial charge in [-0.1, -0.05) is 66.2 Å². The molecular weight excluding hydrogens is 815 g/mol. The molecule has 0 amide bonds. The van der Waals surface area contributed by atoms with Crippen LogP contribution in [0.15, 0.2) is 131 Å². The van der Waals surface area contributed by atoms with Crippen LogP contribution in [0, 0.1) is 0 Å². The number of anilines is 3. The Morgan fingerprint density at radius 1 is 0.864 bits per heavy atom. The van der Waals surface area contributed by atoms with Crippen molar-refractivity contribution in [3.05, 3.63) is 138 Å². The van der Waals surface area contributed by atoms with E-state index in [0.29, 0.717) is 40.7 Å². The third-order valence-electron chi connectivity index (χ3n) is 10.2. The van der Waals surface area contributed by atoms with Crippen molar-refractivity contribution in [1.29, 1.82) is 0 Å². The topological polar surface area (TPSA) is 93.7 Å². The third kappa shape index (κ3) is 10.9. The highest BCUT2D eigenvalue weighted by Crippen LogP contribution is 2.38. The van der Waals surface area contributed by atoms with Crippen LogP contribution < -0.4 is 14.9 Å². The monoisotopic (exact) mass is 859 g/mol. The highest BCUT2D eigenvalue weighted by Gasteiger charge is 2.36. The Bertz CT molecular complexity index is 2470. The molecule has 0 unspecified atom stereocenters. The van der Waals surface area contributed by atoms with E-state index in [1.807, 2.05) is 91.8 Å². The molecule has 1 aliphatic heterocycles. The van der Waals surface area contributed by atoms with Gasteiger partial charge in [0.05, 0.1) is 16.0 Å². The largest absolute Gasteiger partial charge is 0.418 e. The molecule has 1 atom stereocenters. The molecule has 1 aliphatic rings. The molecule has 6 aromatic rings. The van der Waals surface area contributed by atoms with Crippen LogP contribution in [-0.2, 0) is 22.7 Å². The van der Waals surface area contributed by atoms with Gasteiger partial charge in [-0.25, -0.2) is 18.4 Å². The van der Waals surface area contributed by atoms with Crippen molar-refractivity contribution in [1.82, 2.24) is 19.8 Å². The third-order valence-corrected chi connectivity index (χ3v) is 13.0. The molecule has 1 aromatic heterocycles. The maximum Gasteiger partial charge on any atom is 0.418 e. The Hall–Kier alpha value is -4.86. The van der Waals surface area contributed by atoms with E-state index < -0.39 is 26.7 Å². The first-order valence-electron chi connectivity index (χ1n) is 19.2. The number of nitrogens with one attached hydrogen (secondary N) is 2. The van der Waals surface area contributed by atoms with Crippen molar-refractivity contribution in [3.8, 4) is 11.1 Å². The van der Waals surface area contributed by atoms with Crippen LogP contribution in [0.2, 0.25) is 5.02 Å². The van der Waals surface area contributed by atoms with Gasteiger partial charge in [-0.3, -0.25) is 9.62 Å². The highest BCUT2D eigenvalue weighted by molar-refractivity contribution is 7.99. The summed E-state index contributed by atoms with van der Waals surface area (Å²) in [5, 5.41) is 4.19. The first-order valence-corrected chi connectivity index (χ1v) is 22.1. The molecule has 2 heterocycles. The van der Waals surface area contributed by atoms with Crippen molar-refractivity contribution in [2.24, 2.45) is 0 Å². The van der Waals surface area contributed by atoms with Crippen molar-refractivity contribution in [2.75, 3.05) is 67.5 Å². The van der Waals surface area contributed by atoms with E-state index >= 15 is 0 Å². The summed E-state index contributed by atoms with van der Waals surface area (Å²) in [6, 6.07) is 34.1. The van der Waals surface area contributed by atoms with Crippen LogP contribution in [0.1, 0.15) is 17.5 Å². The predicted molar refractivity (Wildman–Crippen MR) is 234 cm³/mol. The summed E-state index contributed by atoms with van der Waals surface area (Å²) in [4.78, 5) is 15.7. The minimum absolute atomic E-state index is 0.0282. The van der Waals surface area contributed by atoms with E-state index in [1.165, 1.54) is 18.5 Å². The molecule has 59 heavy (non-hydrogen) atoms. The summed E-state index contributed by atoms with van der Waals surface area (Å²) >= 11 is 7.96. The Morgan fingerprint density at radius 3 is 2.31 bits per heavy atom. The van der Waals surface area contributed by atoms with Gasteiger partial charge in [-0.2, -0.15) is 13.2 Å². The summed E-state index contributed by atoms with van der Waals surface area (Å²) < 4.78 is 73.6. The molecule has 308 valence electrons.